The summed E-state index contributed by atoms with van der Waals surface area (Å²) in [5, 5.41) is 3.71. The highest BCUT2D eigenvalue weighted by molar-refractivity contribution is 14.0. The molecule has 2 saturated carbocycles. The lowest BCUT2D eigenvalue weighted by Gasteiger charge is -2.48. The first-order chi connectivity index (χ1) is 12.9. The lowest BCUT2D eigenvalue weighted by atomic mass is 9.83. The summed E-state index contributed by atoms with van der Waals surface area (Å²) < 4.78 is 5.46. The van der Waals surface area contributed by atoms with Gasteiger partial charge >= 0.3 is 0 Å². The van der Waals surface area contributed by atoms with Crippen LogP contribution >= 0.6 is 24.0 Å². The predicted octanol–water partition coefficient (Wildman–Crippen LogP) is 3.50. The number of aliphatic imine (C=N–C) groups is 1. The summed E-state index contributed by atoms with van der Waals surface area (Å²) in [5.74, 6) is 3.01. The van der Waals surface area contributed by atoms with Gasteiger partial charge in [-0.3, -0.25) is 9.89 Å². The average Bonchev–Trinajstić information content (AvgIpc) is 3.60. The largest absolute Gasteiger partial charge is 0.469 e. The molecule has 5 rings (SSSR count). The molecule has 2 aliphatic heterocycles. The summed E-state index contributed by atoms with van der Waals surface area (Å²) in [6.45, 7) is 4.49. The van der Waals surface area contributed by atoms with Crippen molar-refractivity contribution >= 4 is 29.9 Å². The lowest BCUT2D eigenvalue weighted by molar-refractivity contribution is 0.0369. The first kappa shape index (κ1) is 19.6. The highest BCUT2D eigenvalue weighted by Crippen LogP contribution is 2.38. The maximum absolute atomic E-state index is 5.46. The molecule has 1 aromatic rings. The van der Waals surface area contributed by atoms with Crippen molar-refractivity contribution in [1.82, 2.24) is 15.1 Å². The van der Waals surface area contributed by atoms with E-state index in [9.17, 15) is 0 Å². The van der Waals surface area contributed by atoms with Crippen LogP contribution in [0.15, 0.2) is 27.8 Å². The van der Waals surface area contributed by atoms with Gasteiger partial charge in [-0.05, 0) is 69.5 Å². The molecule has 0 radical (unpaired) electrons. The van der Waals surface area contributed by atoms with E-state index in [1.54, 1.807) is 6.26 Å². The van der Waals surface area contributed by atoms with Crippen LogP contribution in [0, 0.1) is 5.92 Å². The molecule has 2 atom stereocenters. The number of likely N-dealkylation sites (tertiary alicyclic amines) is 2. The molecule has 1 aromatic heterocycles. The van der Waals surface area contributed by atoms with Crippen molar-refractivity contribution in [2.45, 2.75) is 69.5 Å². The molecule has 0 spiro atoms. The standard InChI is InChI=1S/C21H32N4O.HI/c1-3-16-15-24(13-10-20(16)25(12-1)18-7-8-18)21(23-17-5-6-17)22-11-9-19-4-2-14-26-19;/h2,4,14,16-18,20H,1,3,5-13,15H2,(H,22,23);1H. The summed E-state index contributed by atoms with van der Waals surface area (Å²) in [4.78, 5) is 10.4. The Bertz CT molecular complexity index is 626. The Hall–Kier alpha value is -0.760. The zero-order chi connectivity index (χ0) is 17.3. The van der Waals surface area contributed by atoms with Crippen LogP contribution in [0.1, 0.15) is 50.7 Å². The highest BCUT2D eigenvalue weighted by atomic mass is 127. The predicted molar refractivity (Wildman–Crippen MR) is 119 cm³/mol. The van der Waals surface area contributed by atoms with E-state index in [1.807, 2.05) is 12.1 Å². The van der Waals surface area contributed by atoms with Gasteiger partial charge in [0.25, 0.3) is 0 Å². The third kappa shape index (κ3) is 4.81. The van der Waals surface area contributed by atoms with Crippen LogP contribution in [-0.4, -0.2) is 60.1 Å². The highest BCUT2D eigenvalue weighted by Gasteiger charge is 2.42. The van der Waals surface area contributed by atoms with Crippen molar-refractivity contribution in [2.75, 3.05) is 26.2 Å². The molecule has 4 fully saturated rings. The third-order valence-electron chi connectivity index (χ3n) is 6.54. The minimum absolute atomic E-state index is 0. The zero-order valence-electron chi connectivity index (χ0n) is 16.2. The van der Waals surface area contributed by atoms with Gasteiger partial charge in [-0.25, -0.2) is 0 Å². The molecule has 4 aliphatic rings. The van der Waals surface area contributed by atoms with E-state index in [1.165, 1.54) is 58.0 Å². The number of fused-ring (bicyclic) bond motifs is 1. The summed E-state index contributed by atoms with van der Waals surface area (Å²) in [7, 11) is 0. The number of rotatable bonds is 5. The first-order valence-electron chi connectivity index (χ1n) is 10.7. The van der Waals surface area contributed by atoms with Crippen molar-refractivity contribution in [3.63, 3.8) is 0 Å². The Morgan fingerprint density at radius 3 is 2.78 bits per heavy atom. The molecular formula is C21H33IN4O. The van der Waals surface area contributed by atoms with E-state index in [2.05, 4.69) is 15.1 Å². The Morgan fingerprint density at radius 1 is 1.15 bits per heavy atom. The molecule has 0 amide bonds. The second-order valence-electron chi connectivity index (χ2n) is 8.63. The molecule has 3 heterocycles. The number of guanidine groups is 1. The van der Waals surface area contributed by atoms with Crippen LogP contribution in [0.4, 0.5) is 0 Å². The molecule has 5 nitrogen and oxygen atoms in total. The van der Waals surface area contributed by atoms with Gasteiger partial charge in [0.2, 0.25) is 0 Å². The van der Waals surface area contributed by atoms with Crippen LogP contribution in [-0.2, 0) is 6.42 Å². The molecule has 0 aromatic carbocycles. The second kappa shape index (κ2) is 8.72. The molecule has 1 N–H and O–H groups in total. The van der Waals surface area contributed by atoms with Crippen LogP contribution in [0.3, 0.4) is 0 Å². The van der Waals surface area contributed by atoms with Crippen molar-refractivity contribution in [3.05, 3.63) is 24.2 Å². The van der Waals surface area contributed by atoms with Gasteiger partial charge < -0.3 is 14.6 Å². The number of halogens is 1. The molecule has 6 heteroatoms. The number of furan rings is 1. The fourth-order valence-corrected chi connectivity index (χ4v) is 4.87. The van der Waals surface area contributed by atoms with Crippen LogP contribution in [0.2, 0.25) is 0 Å². The van der Waals surface area contributed by atoms with Crippen molar-refractivity contribution in [1.29, 1.82) is 0 Å². The Balaban J connectivity index is 0.00000180. The Kier molecular flexibility index (Phi) is 6.31. The normalized spacial score (nSPS) is 29.2. The summed E-state index contributed by atoms with van der Waals surface area (Å²) in [6, 6.07) is 6.41. The van der Waals surface area contributed by atoms with Crippen molar-refractivity contribution in [3.8, 4) is 0 Å². The molecule has 2 aliphatic carbocycles. The molecule has 2 saturated heterocycles. The average molecular weight is 484 g/mol. The van der Waals surface area contributed by atoms with E-state index in [0.29, 0.717) is 6.04 Å². The Morgan fingerprint density at radius 2 is 2.04 bits per heavy atom. The van der Waals surface area contributed by atoms with E-state index in [-0.39, 0.29) is 24.0 Å². The molecule has 2 unspecified atom stereocenters. The van der Waals surface area contributed by atoms with E-state index in [0.717, 1.165) is 49.2 Å². The van der Waals surface area contributed by atoms with Gasteiger partial charge in [-0.2, -0.15) is 0 Å². The minimum Gasteiger partial charge on any atom is -0.469 e. The molecule has 150 valence electrons. The Labute approximate surface area is 180 Å². The van der Waals surface area contributed by atoms with E-state index < -0.39 is 0 Å². The maximum atomic E-state index is 5.46. The molecular weight excluding hydrogens is 451 g/mol. The van der Waals surface area contributed by atoms with Gasteiger partial charge in [0, 0.05) is 44.2 Å². The quantitative estimate of drug-likeness (QED) is 0.395. The SMILES string of the molecule is I.c1coc(CCN=C(NC2CC2)N2CCC3C(CCCN3C3CC3)C2)c1. The molecule has 0 bridgehead atoms. The third-order valence-corrected chi connectivity index (χ3v) is 6.54. The number of hydrogen-bond donors (Lipinski definition) is 1. The number of hydrogen-bond acceptors (Lipinski definition) is 3. The first-order valence-corrected chi connectivity index (χ1v) is 10.7. The van der Waals surface area contributed by atoms with E-state index >= 15 is 0 Å². The maximum Gasteiger partial charge on any atom is 0.194 e. The topological polar surface area (TPSA) is 44.0 Å². The smallest absolute Gasteiger partial charge is 0.194 e. The number of nitrogens with one attached hydrogen (secondary N) is 1. The summed E-state index contributed by atoms with van der Waals surface area (Å²) >= 11 is 0. The van der Waals surface area contributed by atoms with Gasteiger partial charge in [0.15, 0.2) is 5.96 Å². The van der Waals surface area contributed by atoms with Crippen LogP contribution < -0.4 is 5.32 Å². The second-order valence-corrected chi connectivity index (χ2v) is 8.63. The fourth-order valence-electron chi connectivity index (χ4n) is 4.87. The van der Waals surface area contributed by atoms with Gasteiger partial charge in [0.1, 0.15) is 5.76 Å². The van der Waals surface area contributed by atoms with Gasteiger partial charge in [-0.1, -0.05) is 0 Å². The van der Waals surface area contributed by atoms with Crippen LogP contribution in [0.25, 0.3) is 0 Å². The lowest BCUT2D eigenvalue weighted by Crippen LogP contribution is -2.57. The summed E-state index contributed by atoms with van der Waals surface area (Å²) in [5.41, 5.74) is 0. The van der Waals surface area contributed by atoms with Crippen molar-refractivity contribution < 1.29 is 4.42 Å². The van der Waals surface area contributed by atoms with Gasteiger partial charge in [0.05, 0.1) is 6.26 Å². The zero-order valence-corrected chi connectivity index (χ0v) is 18.5. The monoisotopic (exact) mass is 484 g/mol. The van der Waals surface area contributed by atoms with Gasteiger partial charge in [-0.15, -0.1) is 24.0 Å². The van der Waals surface area contributed by atoms with E-state index in [4.69, 9.17) is 9.41 Å². The van der Waals surface area contributed by atoms with Crippen LogP contribution in [0.5, 0.6) is 0 Å². The summed E-state index contributed by atoms with van der Waals surface area (Å²) in [6.07, 6.45) is 12.2. The molecule has 27 heavy (non-hydrogen) atoms. The fraction of sp³-hybridized carbons (Fsp3) is 0.762. The van der Waals surface area contributed by atoms with Crippen molar-refractivity contribution in [2.24, 2.45) is 10.9 Å². The number of piperidine rings is 2. The minimum atomic E-state index is 0. The number of nitrogens with zero attached hydrogens (tertiary/aromatic N) is 3.